The average Bonchev–Trinajstić information content (AvgIpc) is 2.65. The van der Waals surface area contributed by atoms with Gasteiger partial charge in [0.15, 0.2) is 6.29 Å². The first-order valence-corrected chi connectivity index (χ1v) is 7.45. The molecule has 2 rings (SSSR count). The van der Waals surface area contributed by atoms with E-state index in [1.165, 1.54) is 0 Å². The summed E-state index contributed by atoms with van der Waals surface area (Å²) in [6.07, 6.45) is 1.63. The van der Waals surface area contributed by atoms with E-state index in [9.17, 15) is 9.59 Å². The van der Waals surface area contributed by atoms with E-state index in [0.717, 1.165) is 17.7 Å². The number of esters is 2. The lowest BCUT2D eigenvalue weighted by Crippen LogP contribution is -2.46. The van der Waals surface area contributed by atoms with Gasteiger partial charge in [0.25, 0.3) is 0 Å². The molecule has 0 aromatic heterocycles. The molecule has 0 saturated carbocycles. The molecule has 0 unspecified atom stereocenters. The Hall–Kier alpha value is -2.44. The molecule has 1 saturated heterocycles. The highest BCUT2D eigenvalue weighted by Gasteiger charge is 2.40. The van der Waals surface area contributed by atoms with Crippen molar-refractivity contribution in [2.24, 2.45) is 5.41 Å². The smallest absolute Gasteiger partial charge is 0.330 e. The first-order chi connectivity index (χ1) is 11.6. The van der Waals surface area contributed by atoms with Gasteiger partial charge in [0, 0.05) is 17.7 Å². The second-order valence-corrected chi connectivity index (χ2v) is 5.49. The van der Waals surface area contributed by atoms with Gasteiger partial charge in [-0.1, -0.05) is 43.5 Å². The topological polar surface area (TPSA) is 71.1 Å². The fourth-order valence-corrected chi connectivity index (χ4v) is 2.17. The van der Waals surface area contributed by atoms with Gasteiger partial charge < -0.3 is 18.9 Å². The Morgan fingerprint density at radius 2 is 1.54 bits per heavy atom. The molecular weight excluding hydrogens is 312 g/mol. The monoisotopic (exact) mass is 332 g/mol. The fourth-order valence-electron chi connectivity index (χ4n) is 2.17. The molecule has 0 atom stereocenters. The van der Waals surface area contributed by atoms with Crippen molar-refractivity contribution in [3.63, 3.8) is 0 Å². The molecule has 1 heterocycles. The Morgan fingerprint density at radius 3 is 2.00 bits per heavy atom. The fraction of sp³-hybridized carbons (Fsp3) is 0.333. The van der Waals surface area contributed by atoms with Gasteiger partial charge in [0.2, 0.25) is 0 Å². The summed E-state index contributed by atoms with van der Waals surface area (Å²) in [5.41, 5.74) is 0.111. The molecule has 1 aliphatic rings. The highest BCUT2D eigenvalue weighted by molar-refractivity contribution is 5.81. The lowest BCUT2D eigenvalue weighted by atomic mass is 9.91. The van der Waals surface area contributed by atoms with Gasteiger partial charge in [0.1, 0.15) is 13.2 Å². The summed E-state index contributed by atoms with van der Waals surface area (Å²) in [5.74, 6) is -1.12. The van der Waals surface area contributed by atoms with E-state index < -0.39 is 23.6 Å². The first kappa shape index (κ1) is 17.9. The minimum atomic E-state index is -0.775. The normalized spacial score (nSPS) is 16.8. The molecule has 24 heavy (non-hydrogen) atoms. The van der Waals surface area contributed by atoms with Gasteiger partial charge in [-0.25, -0.2) is 9.59 Å². The van der Waals surface area contributed by atoms with Crippen LogP contribution in [0.15, 0.2) is 55.6 Å². The molecule has 0 bridgehead atoms. The largest absolute Gasteiger partial charge is 0.462 e. The van der Waals surface area contributed by atoms with Gasteiger partial charge in [0.05, 0.1) is 18.6 Å². The molecule has 0 spiro atoms. The van der Waals surface area contributed by atoms with Crippen molar-refractivity contribution < 1.29 is 28.5 Å². The third-order valence-electron chi connectivity index (χ3n) is 3.53. The predicted molar refractivity (Wildman–Crippen MR) is 85.8 cm³/mol. The van der Waals surface area contributed by atoms with Gasteiger partial charge in [-0.3, -0.25) is 0 Å². The summed E-state index contributed by atoms with van der Waals surface area (Å²) in [7, 11) is 0. The zero-order valence-electron chi connectivity index (χ0n) is 13.3. The number of carbonyl (C=O) groups is 2. The lowest BCUT2D eigenvalue weighted by Gasteiger charge is -2.38. The lowest BCUT2D eigenvalue weighted by molar-refractivity contribution is -0.251. The maximum atomic E-state index is 11.3. The Balaban J connectivity index is 2.01. The summed E-state index contributed by atoms with van der Waals surface area (Å²) in [4.78, 5) is 22.7. The van der Waals surface area contributed by atoms with Crippen molar-refractivity contribution in [2.75, 3.05) is 26.4 Å². The molecule has 0 N–H and O–H groups in total. The molecule has 6 heteroatoms. The molecule has 1 aliphatic heterocycles. The van der Waals surface area contributed by atoms with Gasteiger partial charge in [-0.05, 0) is 0 Å². The summed E-state index contributed by atoms with van der Waals surface area (Å²) in [6.45, 7) is 7.10. The quantitative estimate of drug-likeness (QED) is 0.563. The minimum absolute atomic E-state index is 0.0101. The number of rotatable bonds is 7. The van der Waals surface area contributed by atoms with Crippen LogP contribution in [0.25, 0.3) is 0 Å². The number of carbonyl (C=O) groups excluding carboxylic acids is 2. The second kappa shape index (κ2) is 8.42. The first-order valence-electron chi connectivity index (χ1n) is 7.45. The molecular formula is C18H20O6. The van der Waals surface area contributed by atoms with E-state index >= 15 is 0 Å². The van der Waals surface area contributed by atoms with E-state index in [1.807, 2.05) is 30.3 Å². The van der Waals surface area contributed by atoms with Crippen LogP contribution in [0.1, 0.15) is 11.9 Å². The van der Waals surface area contributed by atoms with E-state index in [0.29, 0.717) is 0 Å². The van der Waals surface area contributed by atoms with E-state index in [2.05, 4.69) is 13.2 Å². The van der Waals surface area contributed by atoms with Gasteiger partial charge in [-0.2, -0.15) is 0 Å². The molecule has 0 amide bonds. The van der Waals surface area contributed by atoms with Crippen molar-refractivity contribution >= 4 is 11.9 Å². The predicted octanol–water partition coefficient (Wildman–Crippen LogP) is 2.18. The minimum Gasteiger partial charge on any atom is -0.462 e. The standard InChI is InChI=1S/C18H20O6/c1-3-15(19)21-10-18(11-22-16(20)4-2)12-23-17(24-13-18)14-8-6-5-7-9-14/h3-9,17H,1-2,10-13H2. The maximum absolute atomic E-state index is 11.3. The van der Waals surface area contributed by atoms with Crippen LogP contribution in [0.3, 0.4) is 0 Å². The number of ether oxygens (including phenoxy) is 4. The molecule has 6 nitrogen and oxygen atoms in total. The summed E-state index contributed by atoms with van der Waals surface area (Å²) in [5, 5.41) is 0. The van der Waals surface area contributed by atoms with Crippen LogP contribution in [0.4, 0.5) is 0 Å². The zero-order valence-corrected chi connectivity index (χ0v) is 13.3. The number of hydrogen-bond acceptors (Lipinski definition) is 6. The van der Waals surface area contributed by atoms with Crippen molar-refractivity contribution in [3.05, 3.63) is 61.2 Å². The summed E-state index contributed by atoms with van der Waals surface area (Å²) in [6, 6.07) is 9.48. The Morgan fingerprint density at radius 1 is 1.04 bits per heavy atom. The Labute approximate surface area is 140 Å². The molecule has 1 aromatic carbocycles. The van der Waals surface area contributed by atoms with E-state index in [-0.39, 0.29) is 26.4 Å². The molecule has 0 aliphatic carbocycles. The highest BCUT2D eigenvalue weighted by Crippen LogP contribution is 2.32. The molecule has 128 valence electrons. The molecule has 1 fully saturated rings. The molecule has 1 aromatic rings. The Kier molecular flexibility index (Phi) is 6.28. The van der Waals surface area contributed by atoms with E-state index in [4.69, 9.17) is 18.9 Å². The highest BCUT2D eigenvalue weighted by atomic mass is 16.7. The molecule has 0 radical (unpaired) electrons. The van der Waals surface area contributed by atoms with Crippen LogP contribution in [-0.2, 0) is 28.5 Å². The van der Waals surface area contributed by atoms with E-state index in [1.54, 1.807) is 0 Å². The average molecular weight is 332 g/mol. The number of benzene rings is 1. The third-order valence-corrected chi connectivity index (χ3v) is 3.53. The number of hydrogen-bond donors (Lipinski definition) is 0. The van der Waals surface area contributed by atoms with Crippen molar-refractivity contribution in [1.82, 2.24) is 0 Å². The summed E-state index contributed by atoms with van der Waals surface area (Å²) >= 11 is 0. The van der Waals surface area contributed by atoms with Crippen LogP contribution in [0.5, 0.6) is 0 Å². The van der Waals surface area contributed by atoms with Crippen LogP contribution in [0.2, 0.25) is 0 Å². The second-order valence-electron chi connectivity index (χ2n) is 5.49. The van der Waals surface area contributed by atoms with Crippen molar-refractivity contribution in [3.8, 4) is 0 Å². The Bertz CT molecular complexity index is 561. The summed E-state index contributed by atoms with van der Waals surface area (Å²) < 4.78 is 21.7. The van der Waals surface area contributed by atoms with Gasteiger partial charge in [-0.15, -0.1) is 0 Å². The van der Waals surface area contributed by atoms with Crippen LogP contribution in [0, 0.1) is 5.41 Å². The SMILES string of the molecule is C=CC(=O)OCC1(COC(=O)C=C)COC(c2ccccc2)OC1. The van der Waals surface area contributed by atoms with Gasteiger partial charge >= 0.3 is 11.9 Å². The van der Waals surface area contributed by atoms with Crippen LogP contribution >= 0.6 is 0 Å². The van der Waals surface area contributed by atoms with Crippen molar-refractivity contribution in [2.45, 2.75) is 6.29 Å². The zero-order chi connectivity index (χ0) is 17.4. The van der Waals surface area contributed by atoms with Crippen LogP contribution in [-0.4, -0.2) is 38.4 Å². The van der Waals surface area contributed by atoms with Crippen molar-refractivity contribution in [1.29, 1.82) is 0 Å². The third kappa shape index (κ3) is 4.78. The van der Waals surface area contributed by atoms with Crippen LogP contribution < -0.4 is 0 Å². The maximum Gasteiger partial charge on any atom is 0.330 e.